The molecule has 2 unspecified atom stereocenters. The summed E-state index contributed by atoms with van der Waals surface area (Å²) in [5, 5.41) is 0. The van der Waals surface area contributed by atoms with Gasteiger partial charge in [-0.1, -0.05) is 36.8 Å². The molecule has 0 radical (unpaired) electrons. The van der Waals surface area contributed by atoms with Crippen LogP contribution in [0.4, 0.5) is 18.9 Å². The summed E-state index contributed by atoms with van der Waals surface area (Å²) in [7, 11) is 0. The van der Waals surface area contributed by atoms with Crippen LogP contribution in [-0.4, -0.2) is 13.1 Å². The van der Waals surface area contributed by atoms with Crippen molar-refractivity contribution in [2.45, 2.75) is 25.9 Å². The van der Waals surface area contributed by atoms with Gasteiger partial charge in [0.25, 0.3) is 0 Å². The zero-order chi connectivity index (χ0) is 16.6. The molecule has 0 amide bonds. The fourth-order valence-electron chi connectivity index (χ4n) is 3.29. The van der Waals surface area contributed by atoms with Crippen LogP contribution in [0.3, 0.4) is 0 Å². The van der Waals surface area contributed by atoms with Gasteiger partial charge in [0, 0.05) is 24.7 Å². The Hall–Kier alpha value is -1.97. The van der Waals surface area contributed by atoms with Crippen LogP contribution < -0.4 is 4.90 Å². The quantitative estimate of drug-likeness (QED) is 0.730. The van der Waals surface area contributed by atoms with Gasteiger partial charge >= 0.3 is 6.18 Å². The summed E-state index contributed by atoms with van der Waals surface area (Å²) in [6.07, 6.45) is -4.27. The zero-order valence-corrected chi connectivity index (χ0v) is 13.3. The number of hydrogen-bond acceptors (Lipinski definition) is 1. The Kier molecular flexibility index (Phi) is 4.09. The summed E-state index contributed by atoms with van der Waals surface area (Å²) >= 11 is 0. The lowest BCUT2D eigenvalue weighted by molar-refractivity contribution is -0.137. The van der Waals surface area contributed by atoms with E-state index < -0.39 is 11.7 Å². The summed E-state index contributed by atoms with van der Waals surface area (Å²) in [4.78, 5) is 2.31. The third-order valence-corrected chi connectivity index (χ3v) is 4.68. The molecule has 0 N–H and O–H groups in total. The number of anilines is 1. The highest BCUT2D eigenvalue weighted by atomic mass is 19.4. The molecule has 0 saturated carbocycles. The number of nitrogens with zero attached hydrogens (tertiary/aromatic N) is 1. The van der Waals surface area contributed by atoms with Crippen LogP contribution >= 0.6 is 0 Å². The summed E-state index contributed by atoms with van der Waals surface area (Å²) in [5.41, 5.74) is 2.81. The first-order valence-corrected chi connectivity index (χ1v) is 7.83. The van der Waals surface area contributed by atoms with E-state index in [4.69, 9.17) is 0 Å². The molecule has 3 rings (SSSR count). The van der Waals surface area contributed by atoms with E-state index in [9.17, 15) is 13.2 Å². The highest BCUT2D eigenvalue weighted by Crippen LogP contribution is 2.36. The summed E-state index contributed by atoms with van der Waals surface area (Å²) in [5.74, 6) is 0.673. The van der Waals surface area contributed by atoms with Crippen LogP contribution in [0, 0.1) is 12.8 Å². The van der Waals surface area contributed by atoms with Crippen LogP contribution in [0.15, 0.2) is 48.5 Å². The van der Waals surface area contributed by atoms with Crippen molar-refractivity contribution in [2.75, 3.05) is 18.0 Å². The minimum absolute atomic E-state index is 0.263. The number of halogens is 3. The molecule has 0 aliphatic carbocycles. The van der Waals surface area contributed by atoms with E-state index in [1.165, 1.54) is 23.4 Å². The van der Waals surface area contributed by atoms with Gasteiger partial charge in [-0.05, 0) is 42.7 Å². The summed E-state index contributed by atoms with van der Waals surface area (Å²) in [6, 6.07) is 14.0. The zero-order valence-electron chi connectivity index (χ0n) is 13.3. The van der Waals surface area contributed by atoms with E-state index in [0.29, 0.717) is 5.92 Å². The van der Waals surface area contributed by atoms with Crippen molar-refractivity contribution in [3.63, 3.8) is 0 Å². The molecule has 23 heavy (non-hydrogen) atoms. The fourth-order valence-corrected chi connectivity index (χ4v) is 3.29. The smallest absolute Gasteiger partial charge is 0.371 e. The monoisotopic (exact) mass is 319 g/mol. The lowest BCUT2D eigenvalue weighted by atomic mass is 9.90. The van der Waals surface area contributed by atoms with E-state index in [-0.39, 0.29) is 5.92 Å². The Morgan fingerprint density at radius 2 is 1.52 bits per heavy atom. The van der Waals surface area contributed by atoms with Crippen molar-refractivity contribution >= 4 is 5.69 Å². The van der Waals surface area contributed by atoms with Crippen molar-refractivity contribution in [2.24, 2.45) is 5.92 Å². The number of aryl methyl sites for hydroxylation is 1. The van der Waals surface area contributed by atoms with E-state index in [0.717, 1.165) is 18.7 Å². The van der Waals surface area contributed by atoms with Crippen molar-refractivity contribution in [1.29, 1.82) is 0 Å². The van der Waals surface area contributed by atoms with Crippen LogP contribution in [-0.2, 0) is 6.18 Å². The van der Waals surface area contributed by atoms with Crippen LogP contribution in [0.5, 0.6) is 0 Å². The standard InChI is InChI=1S/C19H20F3N/c1-13-3-9-17(10-4-13)23-11-14(2)18(12-23)15-5-7-16(8-6-15)19(20,21)22/h3-10,14,18H,11-12H2,1-2H3. The molecule has 1 heterocycles. The molecule has 122 valence electrons. The van der Waals surface area contributed by atoms with E-state index in [1.807, 2.05) is 0 Å². The molecule has 1 fully saturated rings. The van der Waals surface area contributed by atoms with Gasteiger partial charge in [-0.2, -0.15) is 13.2 Å². The molecule has 1 aliphatic rings. The van der Waals surface area contributed by atoms with Crippen LogP contribution in [0.2, 0.25) is 0 Å². The lowest BCUT2D eigenvalue weighted by Crippen LogP contribution is -2.19. The summed E-state index contributed by atoms with van der Waals surface area (Å²) < 4.78 is 38.0. The molecule has 2 aromatic carbocycles. The van der Waals surface area contributed by atoms with Gasteiger partial charge in [-0.3, -0.25) is 0 Å². The van der Waals surface area contributed by atoms with Crippen LogP contribution in [0.25, 0.3) is 0 Å². The average molecular weight is 319 g/mol. The topological polar surface area (TPSA) is 3.24 Å². The van der Waals surface area contributed by atoms with Gasteiger partial charge in [0.05, 0.1) is 5.56 Å². The predicted octanol–water partition coefficient (Wildman–Crippen LogP) is 5.25. The molecular weight excluding hydrogens is 299 g/mol. The first-order valence-electron chi connectivity index (χ1n) is 7.83. The van der Waals surface area contributed by atoms with Gasteiger partial charge in [0.1, 0.15) is 0 Å². The maximum absolute atomic E-state index is 12.7. The molecule has 4 heteroatoms. The fraction of sp³-hybridized carbons (Fsp3) is 0.368. The molecule has 2 aromatic rings. The predicted molar refractivity (Wildman–Crippen MR) is 86.7 cm³/mol. The third-order valence-electron chi connectivity index (χ3n) is 4.68. The molecule has 1 aliphatic heterocycles. The lowest BCUT2D eigenvalue weighted by Gasteiger charge is -2.19. The van der Waals surface area contributed by atoms with Crippen LogP contribution in [0.1, 0.15) is 29.5 Å². The average Bonchev–Trinajstić information content (AvgIpc) is 2.89. The third kappa shape index (κ3) is 3.36. The molecule has 2 atom stereocenters. The van der Waals surface area contributed by atoms with Gasteiger partial charge in [0.2, 0.25) is 0 Å². The number of rotatable bonds is 2. The van der Waals surface area contributed by atoms with E-state index in [2.05, 4.69) is 43.0 Å². The minimum atomic E-state index is -4.27. The normalized spacial score (nSPS) is 21.7. The SMILES string of the molecule is Cc1ccc(N2CC(C)C(c3ccc(C(F)(F)F)cc3)C2)cc1. The van der Waals surface area contributed by atoms with Crippen molar-refractivity contribution in [3.05, 3.63) is 65.2 Å². The highest BCUT2D eigenvalue weighted by Gasteiger charge is 2.33. The van der Waals surface area contributed by atoms with Crippen molar-refractivity contribution in [3.8, 4) is 0 Å². The molecule has 0 spiro atoms. The van der Waals surface area contributed by atoms with Crippen molar-refractivity contribution < 1.29 is 13.2 Å². The van der Waals surface area contributed by atoms with Crippen molar-refractivity contribution in [1.82, 2.24) is 0 Å². The molecule has 0 bridgehead atoms. The number of hydrogen-bond donors (Lipinski definition) is 0. The highest BCUT2D eigenvalue weighted by molar-refractivity contribution is 5.49. The second-order valence-corrected chi connectivity index (χ2v) is 6.44. The Labute approximate surface area is 134 Å². The number of alkyl halides is 3. The molecular formula is C19H20F3N. The van der Waals surface area contributed by atoms with Gasteiger partial charge in [-0.15, -0.1) is 0 Å². The first-order chi connectivity index (χ1) is 10.8. The number of benzene rings is 2. The van der Waals surface area contributed by atoms with Gasteiger partial charge in [-0.25, -0.2) is 0 Å². The van der Waals surface area contributed by atoms with Gasteiger partial charge in [0.15, 0.2) is 0 Å². The Balaban J connectivity index is 1.77. The first kappa shape index (κ1) is 15.9. The second-order valence-electron chi connectivity index (χ2n) is 6.44. The summed E-state index contributed by atoms with van der Waals surface area (Å²) in [6.45, 7) is 5.99. The largest absolute Gasteiger partial charge is 0.416 e. The second kappa shape index (κ2) is 5.91. The molecule has 0 aromatic heterocycles. The van der Waals surface area contributed by atoms with Gasteiger partial charge < -0.3 is 4.90 Å². The van der Waals surface area contributed by atoms with E-state index in [1.54, 1.807) is 12.1 Å². The maximum Gasteiger partial charge on any atom is 0.416 e. The molecule has 1 saturated heterocycles. The van der Waals surface area contributed by atoms with E-state index >= 15 is 0 Å². The maximum atomic E-state index is 12.7. The Morgan fingerprint density at radius 3 is 2.09 bits per heavy atom. The Bertz CT molecular complexity index is 659. The Morgan fingerprint density at radius 1 is 0.913 bits per heavy atom. The molecule has 1 nitrogen and oxygen atoms in total. The minimum Gasteiger partial charge on any atom is -0.371 e.